The number of ether oxygens (including phenoxy) is 1. The number of carbonyl (C=O) groups excluding carboxylic acids is 1. The molecule has 0 N–H and O–H groups in total. The van der Waals surface area contributed by atoms with E-state index in [2.05, 4.69) is 0 Å². The molecule has 2 aliphatic rings. The molecule has 1 aromatic rings. The second-order valence-corrected chi connectivity index (χ2v) is 9.61. The zero-order valence-corrected chi connectivity index (χ0v) is 17.1. The van der Waals surface area contributed by atoms with E-state index in [1.807, 2.05) is 35.2 Å². The molecule has 0 saturated carbocycles. The maximum Gasteiger partial charge on any atom is 0.281 e. The van der Waals surface area contributed by atoms with Crippen LogP contribution in [-0.2, 0) is 19.7 Å². The lowest BCUT2D eigenvalue weighted by atomic mass is 9.84. The van der Waals surface area contributed by atoms with Gasteiger partial charge in [0.15, 0.2) is 6.10 Å². The Kier molecular flexibility index (Phi) is 6.20. The van der Waals surface area contributed by atoms with Gasteiger partial charge in [-0.15, -0.1) is 0 Å². The average molecular weight is 396 g/mol. The molecule has 1 aromatic carbocycles. The lowest BCUT2D eigenvalue weighted by molar-refractivity contribution is -0.149. The van der Waals surface area contributed by atoms with E-state index >= 15 is 0 Å². The minimum Gasteiger partial charge on any atom is -0.367 e. The van der Waals surface area contributed by atoms with Crippen LogP contribution < -0.4 is 0 Å². The largest absolute Gasteiger partial charge is 0.367 e. The van der Waals surface area contributed by atoms with E-state index in [9.17, 15) is 13.2 Å². The Bertz CT molecular complexity index is 753. The molecular weight excluding hydrogens is 366 g/mol. The van der Waals surface area contributed by atoms with E-state index in [0.29, 0.717) is 26.1 Å². The fraction of sp³-hybridized carbons (Fsp3) is 0.632. The molecular formula is C19H29N3O4S. The summed E-state index contributed by atoms with van der Waals surface area (Å²) >= 11 is 0. The quantitative estimate of drug-likeness (QED) is 0.758. The van der Waals surface area contributed by atoms with E-state index in [0.717, 1.165) is 18.4 Å². The van der Waals surface area contributed by atoms with Crippen LogP contribution in [0.5, 0.6) is 0 Å². The van der Waals surface area contributed by atoms with Crippen molar-refractivity contribution in [3.8, 4) is 0 Å². The summed E-state index contributed by atoms with van der Waals surface area (Å²) in [5, 5.41) is 0. The van der Waals surface area contributed by atoms with Crippen LogP contribution in [0.4, 0.5) is 0 Å². The van der Waals surface area contributed by atoms with Crippen molar-refractivity contribution in [1.29, 1.82) is 0 Å². The SMILES string of the molecule is COC(C(=O)N1CCC[C@@H]2CN(S(=O)(=O)N(C)C)CC[C@@H]21)c1ccccc1. The van der Waals surface area contributed by atoms with E-state index in [1.165, 1.54) is 4.31 Å². The van der Waals surface area contributed by atoms with Crippen molar-refractivity contribution in [3.05, 3.63) is 35.9 Å². The summed E-state index contributed by atoms with van der Waals surface area (Å²) in [5.41, 5.74) is 0.847. The van der Waals surface area contributed by atoms with Crippen molar-refractivity contribution >= 4 is 16.1 Å². The second-order valence-electron chi connectivity index (χ2n) is 7.46. The molecule has 0 spiro atoms. The molecule has 1 unspecified atom stereocenters. The third-order valence-electron chi connectivity index (χ3n) is 5.66. The first kappa shape index (κ1) is 20.3. The molecule has 2 fully saturated rings. The maximum atomic E-state index is 13.2. The highest BCUT2D eigenvalue weighted by Crippen LogP contribution is 2.34. The van der Waals surface area contributed by atoms with Gasteiger partial charge in [-0.2, -0.15) is 17.0 Å². The minimum atomic E-state index is -3.41. The van der Waals surface area contributed by atoms with Crippen LogP contribution in [0.2, 0.25) is 0 Å². The highest BCUT2D eigenvalue weighted by molar-refractivity contribution is 7.86. The molecule has 0 radical (unpaired) electrons. The number of amides is 1. The van der Waals surface area contributed by atoms with E-state index in [4.69, 9.17) is 4.74 Å². The molecule has 0 bridgehead atoms. The Morgan fingerprint density at radius 3 is 2.52 bits per heavy atom. The van der Waals surface area contributed by atoms with E-state index < -0.39 is 16.3 Å². The van der Waals surface area contributed by atoms with E-state index in [-0.39, 0.29) is 17.9 Å². The molecule has 0 aromatic heterocycles. The monoisotopic (exact) mass is 395 g/mol. The van der Waals surface area contributed by atoms with Gasteiger partial charge in [0.1, 0.15) is 0 Å². The number of benzene rings is 1. The maximum absolute atomic E-state index is 13.2. The fourth-order valence-electron chi connectivity index (χ4n) is 4.24. The highest BCUT2D eigenvalue weighted by atomic mass is 32.2. The van der Waals surface area contributed by atoms with E-state index in [1.54, 1.807) is 25.5 Å². The van der Waals surface area contributed by atoms with Crippen molar-refractivity contribution in [2.75, 3.05) is 40.8 Å². The molecule has 2 heterocycles. The normalized spacial score (nSPS) is 25.3. The molecule has 2 aliphatic heterocycles. The predicted octanol–water partition coefficient (Wildman–Crippen LogP) is 1.49. The van der Waals surface area contributed by atoms with Crippen LogP contribution in [0.3, 0.4) is 0 Å². The van der Waals surface area contributed by atoms with Crippen LogP contribution in [0, 0.1) is 5.92 Å². The number of methoxy groups -OCH3 is 1. The van der Waals surface area contributed by atoms with Crippen LogP contribution in [0.1, 0.15) is 30.9 Å². The van der Waals surface area contributed by atoms with Crippen LogP contribution in [0.25, 0.3) is 0 Å². The van der Waals surface area contributed by atoms with Gasteiger partial charge in [-0.25, -0.2) is 0 Å². The van der Waals surface area contributed by atoms with Crippen molar-refractivity contribution in [2.24, 2.45) is 5.92 Å². The summed E-state index contributed by atoms with van der Waals surface area (Å²) in [6.07, 6.45) is 1.87. The Balaban J connectivity index is 1.76. The smallest absolute Gasteiger partial charge is 0.281 e. The number of carbonyl (C=O) groups is 1. The van der Waals surface area contributed by atoms with Crippen LogP contribution in [-0.4, -0.2) is 74.7 Å². The summed E-state index contributed by atoms with van der Waals surface area (Å²) in [6, 6.07) is 9.59. The zero-order chi connectivity index (χ0) is 19.6. The molecule has 27 heavy (non-hydrogen) atoms. The molecule has 3 rings (SSSR count). The topological polar surface area (TPSA) is 70.2 Å². The van der Waals surface area contributed by atoms with Gasteiger partial charge in [0, 0.05) is 46.9 Å². The average Bonchev–Trinajstić information content (AvgIpc) is 2.68. The Hall–Kier alpha value is -1.48. The molecule has 8 heteroatoms. The summed E-state index contributed by atoms with van der Waals surface area (Å²) in [6.45, 7) is 1.61. The van der Waals surface area contributed by atoms with Gasteiger partial charge in [-0.05, 0) is 30.7 Å². The van der Waals surface area contributed by atoms with Crippen molar-refractivity contribution in [1.82, 2.24) is 13.5 Å². The third kappa shape index (κ3) is 4.03. The standard InChI is InChI=1S/C19H29N3O4S/c1-20(2)27(24,25)21-13-11-17-16(14-21)10-7-12-22(17)19(23)18(26-3)15-8-5-4-6-9-15/h4-6,8-9,16-18H,7,10-14H2,1-3H3/t16-,17+,18?/m1/s1. The van der Waals surface area contributed by atoms with Gasteiger partial charge < -0.3 is 9.64 Å². The van der Waals surface area contributed by atoms with Crippen LogP contribution in [0.15, 0.2) is 30.3 Å². The second kappa shape index (κ2) is 8.26. The Morgan fingerprint density at radius 1 is 1.19 bits per heavy atom. The molecule has 150 valence electrons. The summed E-state index contributed by atoms with van der Waals surface area (Å²) in [4.78, 5) is 15.2. The number of hydrogen-bond donors (Lipinski definition) is 0. The van der Waals surface area contributed by atoms with Gasteiger partial charge in [-0.3, -0.25) is 4.79 Å². The zero-order valence-electron chi connectivity index (χ0n) is 16.2. The van der Waals surface area contributed by atoms with Crippen molar-refractivity contribution < 1.29 is 17.9 Å². The number of hydrogen-bond acceptors (Lipinski definition) is 4. The first-order chi connectivity index (χ1) is 12.9. The van der Waals surface area contributed by atoms with Gasteiger partial charge in [-0.1, -0.05) is 30.3 Å². The van der Waals surface area contributed by atoms with Crippen molar-refractivity contribution in [3.63, 3.8) is 0 Å². The number of rotatable bonds is 5. The predicted molar refractivity (Wildman–Crippen MR) is 103 cm³/mol. The first-order valence-corrected chi connectivity index (χ1v) is 10.8. The molecule has 3 atom stereocenters. The van der Waals surface area contributed by atoms with Crippen molar-refractivity contribution in [2.45, 2.75) is 31.4 Å². The summed E-state index contributed by atoms with van der Waals surface area (Å²) in [7, 11) is 1.26. The Labute approximate surface area is 162 Å². The van der Waals surface area contributed by atoms with Gasteiger partial charge in [0.25, 0.3) is 16.1 Å². The summed E-state index contributed by atoms with van der Waals surface area (Å²) in [5.74, 6) is 0.141. The number of nitrogens with zero attached hydrogens (tertiary/aromatic N) is 3. The fourth-order valence-corrected chi connectivity index (χ4v) is 5.42. The lowest BCUT2D eigenvalue weighted by Crippen LogP contribution is -2.58. The Morgan fingerprint density at radius 2 is 1.89 bits per heavy atom. The third-order valence-corrected chi connectivity index (χ3v) is 7.57. The molecule has 0 aliphatic carbocycles. The molecule has 2 saturated heterocycles. The molecule has 1 amide bonds. The van der Waals surface area contributed by atoms with Gasteiger partial charge in [0.2, 0.25) is 0 Å². The lowest BCUT2D eigenvalue weighted by Gasteiger charge is -2.47. The number of fused-ring (bicyclic) bond motifs is 1. The number of piperidine rings is 2. The first-order valence-electron chi connectivity index (χ1n) is 9.42. The highest BCUT2D eigenvalue weighted by Gasteiger charge is 2.43. The van der Waals surface area contributed by atoms with Gasteiger partial charge >= 0.3 is 0 Å². The van der Waals surface area contributed by atoms with Crippen LogP contribution >= 0.6 is 0 Å². The van der Waals surface area contributed by atoms with Gasteiger partial charge in [0.05, 0.1) is 0 Å². The molecule has 7 nitrogen and oxygen atoms in total. The summed E-state index contributed by atoms with van der Waals surface area (Å²) < 4.78 is 33.3. The minimum absolute atomic E-state index is 0.0256. The number of likely N-dealkylation sites (tertiary alicyclic amines) is 1.